The number of carbonyl (C=O) groups is 3. The van der Waals surface area contributed by atoms with Crippen LogP contribution in [0.4, 0.5) is 0 Å². The van der Waals surface area contributed by atoms with Gasteiger partial charge in [0.1, 0.15) is 12.0 Å². The van der Waals surface area contributed by atoms with Crippen molar-refractivity contribution in [1.82, 2.24) is 4.90 Å². The van der Waals surface area contributed by atoms with Gasteiger partial charge in [-0.05, 0) is 48.9 Å². The Bertz CT molecular complexity index is 679. The molecule has 0 unspecified atom stereocenters. The molecule has 124 valence electrons. The largest absolute Gasteiger partial charge is 0.494 e. The van der Waals surface area contributed by atoms with Crippen LogP contribution < -0.4 is 4.74 Å². The van der Waals surface area contributed by atoms with E-state index in [2.05, 4.69) is 12.2 Å². The van der Waals surface area contributed by atoms with Crippen LogP contribution in [-0.4, -0.2) is 36.2 Å². The lowest BCUT2D eigenvalue weighted by Gasteiger charge is -2.17. The highest BCUT2D eigenvalue weighted by Gasteiger charge is 2.58. The van der Waals surface area contributed by atoms with Gasteiger partial charge in [-0.25, -0.2) is 0 Å². The van der Waals surface area contributed by atoms with Crippen LogP contribution in [0.1, 0.15) is 23.2 Å². The Kier molecular flexibility index (Phi) is 3.71. The van der Waals surface area contributed by atoms with Crippen LogP contribution in [0.2, 0.25) is 0 Å². The Morgan fingerprint density at radius 1 is 1.04 bits per heavy atom. The van der Waals surface area contributed by atoms with Gasteiger partial charge in [-0.15, -0.1) is 0 Å². The molecule has 0 radical (unpaired) electrons. The Balaban J connectivity index is 1.30. The zero-order valence-corrected chi connectivity index (χ0v) is 13.3. The minimum Gasteiger partial charge on any atom is -0.494 e. The number of amides is 2. The number of hydrogen-bond donors (Lipinski definition) is 0. The molecule has 1 aliphatic heterocycles. The number of imide groups is 1. The third-order valence-corrected chi connectivity index (χ3v) is 5.37. The highest BCUT2D eigenvalue weighted by atomic mass is 16.5. The van der Waals surface area contributed by atoms with E-state index in [1.54, 1.807) is 24.3 Å². The van der Waals surface area contributed by atoms with Crippen LogP contribution in [0, 0.1) is 23.7 Å². The molecule has 1 aromatic rings. The van der Waals surface area contributed by atoms with Crippen molar-refractivity contribution in [2.75, 3.05) is 13.2 Å². The summed E-state index contributed by atoms with van der Waals surface area (Å²) in [6.45, 7) is 0.842. The predicted octanol–water partition coefficient (Wildman–Crippen LogP) is 2.08. The topological polar surface area (TPSA) is 63.7 Å². The molecule has 1 saturated carbocycles. The van der Waals surface area contributed by atoms with Gasteiger partial charge in [0.25, 0.3) is 0 Å². The van der Waals surface area contributed by atoms with Gasteiger partial charge in [0.2, 0.25) is 11.8 Å². The number of likely N-dealkylation sites (tertiary alicyclic amines) is 1. The van der Waals surface area contributed by atoms with Crippen LogP contribution in [-0.2, 0) is 9.59 Å². The Hall–Kier alpha value is -2.43. The summed E-state index contributed by atoms with van der Waals surface area (Å²) in [6, 6.07) is 6.87. The first-order chi connectivity index (χ1) is 11.7. The maximum atomic E-state index is 12.5. The van der Waals surface area contributed by atoms with Crippen molar-refractivity contribution in [3.63, 3.8) is 0 Å². The van der Waals surface area contributed by atoms with E-state index in [1.165, 1.54) is 4.90 Å². The molecule has 1 aromatic carbocycles. The minimum atomic E-state index is -0.121. The molecule has 3 aliphatic rings. The molecule has 2 aliphatic carbocycles. The van der Waals surface area contributed by atoms with Gasteiger partial charge >= 0.3 is 0 Å². The molecule has 1 saturated heterocycles. The number of aldehydes is 1. The van der Waals surface area contributed by atoms with Crippen LogP contribution in [0.3, 0.4) is 0 Å². The van der Waals surface area contributed by atoms with E-state index in [9.17, 15) is 14.4 Å². The molecule has 0 aromatic heterocycles. The highest BCUT2D eigenvalue weighted by Crippen LogP contribution is 2.52. The summed E-state index contributed by atoms with van der Waals surface area (Å²) in [5.74, 6) is 0.949. The van der Waals surface area contributed by atoms with E-state index >= 15 is 0 Å². The molecule has 5 nitrogen and oxygen atoms in total. The second kappa shape index (κ2) is 5.89. The highest BCUT2D eigenvalue weighted by molar-refractivity contribution is 6.06. The Labute approximate surface area is 140 Å². The third-order valence-electron chi connectivity index (χ3n) is 5.37. The van der Waals surface area contributed by atoms with Gasteiger partial charge in [0, 0.05) is 12.1 Å². The van der Waals surface area contributed by atoms with Crippen molar-refractivity contribution in [3.8, 4) is 5.75 Å². The van der Waals surface area contributed by atoms with Gasteiger partial charge in [-0.2, -0.15) is 0 Å². The molecule has 2 fully saturated rings. The molecule has 0 spiro atoms. The van der Waals surface area contributed by atoms with Crippen LogP contribution >= 0.6 is 0 Å². The number of rotatable bonds is 6. The zero-order chi connectivity index (χ0) is 16.7. The molecule has 0 N–H and O–H groups in total. The maximum Gasteiger partial charge on any atom is 0.233 e. The molecule has 4 atom stereocenters. The quantitative estimate of drug-likeness (QED) is 0.348. The van der Waals surface area contributed by atoms with Crippen molar-refractivity contribution in [1.29, 1.82) is 0 Å². The monoisotopic (exact) mass is 325 g/mol. The maximum absolute atomic E-state index is 12.5. The summed E-state index contributed by atoms with van der Waals surface area (Å²) >= 11 is 0. The Morgan fingerprint density at radius 2 is 1.67 bits per heavy atom. The van der Waals surface area contributed by atoms with E-state index in [4.69, 9.17) is 4.74 Å². The number of nitrogens with zero attached hydrogens (tertiary/aromatic N) is 1. The number of allylic oxidation sites excluding steroid dienone is 2. The average Bonchev–Trinajstić information content (AvgIpc) is 3.28. The standard InChI is InChI=1S/C19H19NO4/c21-11-12-2-6-15(7-3-12)24-9-1-8-20-18(22)16-13-4-5-14(10-13)17(16)19(20)23/h2-7,11,13-14,16-17H,1,8-10H2/t13-,14+,16+,17-. The van der Waals surface area contributed by atoms with Gasteiger partial charge in [-0.3, -0.25) is 19.3 Å². The summed E-state index contributed by atoms with van der Waals surface area (Å²) in [5, 5.41) is 0. The van der Waals surface area contributed by atoms with Crippen LogP contribution in [0.25, 0.3) is 0 Å². The van der Waals surface area contributed by atoms with E-state index in [0.29, 0.717) is 30.9 Å². The van der Waals surface area contributed by atoms with Gasteiger partial charge in [0.15, 0.2) is 0 Å². The minimum absolute atomic E-state index is 0.00261. The number of fused-ring (bicyclic) bond motifs is 5. The second-order valence-corrected chi connectivity index (χ2v) is 6.72. The van der Waals surface area contributed by atoms with Crippen molar-refractivity contribution in [3.05, 3.63) is 42.0 Å². The molecule has 1 heterocycles. The lowest BCUT2D eigenvalue weighted by atomic mass is 9.85. The molecule has 5 heteroatoms. The fourth-order valence-corrected chi connectivity index (χ4v) is 4.24. The van der Waals surface area contributed by atoms with E-state index in [1.807, 2.05) is 0 Å². The number of hydrogen-bond acceptors (Lipinski definition) is 4. The lowest BCUT2D eigenvalue weighted by Crippen LogP contribution is -2.34. The smallest absolute Gasteiger partial charge is 0.233 e. The van der Waals surface area contributed by atoms with Crippen molar-refractivity contribution < 1.29 is 19.1 Å². The third kappa shape index (κ3) is 2.35. The molecular formula is C19H19NO4. The first-order valence-corrected chi connectivity index (χ1v) is 8.40. The molecule has 24 heavy (non-hydrogen) atoms. The SMILES string of the molecule is O=Cc1ccc(OCCCN2C(=O)[C@@H]3[C@H](C2=O)[C@H]2C=C[C@@H]3C2)cc1. The first kappa shape index (κ1) is 15.1. The van der Waals surface area contributed by atoms with Crippen LogP contribution in [0.5, 0.6) is 5.75 Å². The summed E-state index contributed by atoms with van der Waals surface area (Å²) in [5.41, 5.74) is 0.602. The van der Waals surface area contributed by atoms with Gasteiger partial charge in [0.05, 0.1) is 18.4 Å². The normalized spacial score (nSPS) is 30.1. The number of benzene rings is 1. The number of carbonyl (C=O) groups excluding carboxylic acids is 3. The summed E-state index contributed by atoms with van der Waals surface area (Å²) in [6.07, 6.45) is 6.56. The van der Waals surface area contributed by atoms with Crippen molar-refractivity contribution in [2.24, 2.45) is 23.7 Å². The number of ether oxygens (including phenoxy) is 1. The van der Waals surface area contributed by atoms with Crippen LogP contribution in [0.15, 0.2) is 36.4 Å². The molecule has 2 bridgehead atoms. The van der Waals surface area contributed by atoms with E-state index < -0.39 is 0 Å². The molecule has 4 rings (SSSR count). The first-order valence-electron chi connectivity index (χ1n) is 8.40. The van der Waals surface area contributed by atoms with Gasteiger partial charge < -0.3 is 4.74 Å². The Morgan fingerprint density at radius 3 is 2.25 bits per heavy atom. The molecular weight excluding hydrogens is 306 g/mol. The van der Waals surface area contributed by atoms with Gasteiger partial charge in [-0.1, -0.05) is 12.2 Å². The van der Waals surface area contributed by atoms with Crippen molar-refractivity contribution >= 4 is 18.1 Å². The van der Waals surface area contributed by atoms with Crippen molar-refractivity contribution in [2.45, 2.75) is 12.8 Å². The summed E-state index contributed by atoms with van der Waals surface area (Å²) < 4.78 is 5.61. The average molecular weight is 325 g/mol. The lowest BCUT2D eigenvalue weighted by molar-refractivity contribution is -0.140. The van der Waals surface area contributed by atoms with E-state index in [0.717, 1.165) is 12.7 Å². The zero-order valence-electron chi connectivity index (χ0n) is 13.3. The predicted molar refractivity (Wildman–Crippen MR) is 86.4 cm³/mol. The summed E-state index contributed by atoms with van der Waals surface area (Å²) in [7, 11) is 0. The van der Waals surface area contributed by atoms with E-state index in [-0.39, 0.29) is 35.5 Å². The second-order valence-electron chi connectivity index (χ2n) is 6.72. The fraction of sp³-hybridized carbons (Fsp3) is 0.421. The molecule has 2 amide bonds. The fourth-order valence-electron chi connectivity index (χ4n) is 4.24. The summed E-state index contributed by atoms with van der Waals surface area (Å²) in [4.78, 5) is 37.1.